The standard InChI is InChI=1S/C57H87N3O7/c1-13-57-27-25-54(11)43(55(57,12)23-20-44(52(57,8)9)67-49(66)41-32-40(48(64)65)51(41,6)7)19-18-39-46-45(35(2)3)42(62)33-56(46,26-24-53(39,54)10)28-29-58-34-50(4,5)59-47(63)36-14-16-37(17-15-36)60-30-21-38(61)22-31-60/h14-17,35,38-41,43-44,58,61H,13,18-34H2,1-12H3,(H,59,63)(H,64,65)/t39?,40-,41+,43-,44-,53+,54+,55+,56?,57-/m0/s1. The zero-order valence-corrected chi connectivity index (χ0v) is 43.5. The van der Waals surface area contributed by atoms with Gasteiger partial charge in [-0.3, -0.25) is 19.2 Å². The van der Waals surface area contributed by atoms with E-state index < -0.39 is 28.8 Å². The number of ketones is 1. The summed E-state index contributed by atoms with van der Waals surface area (Å²) in [6, 6.07) is 7.82. The third-order valence-electron chi connectivity index (χ3n) is 21.7. The zero-order valence-electron chi connectivity index (χ0n) is 43.5. The number of aliphatic hydroxyl groups excluding tert-OH is 1. The van der Waals surface area contributed by atoms with Crippen molar-refractivity contribution in [1.82, 2.24) is 10.6 Å². The maximum atomic E-state index is 14.3. The molecule has 1 amide bonds. The number of anilines is 1. The highest BCUT2D eigenvalue weighted by Crippen LogP contribution is 2.80. The second-order valence-electron chi connectivity index (χ2n) is 25.9. The van der Waals surface area contributed by atoms with Crippen LogP contribution in [0.2, 0.25) is 0 Å². The van der Waals surface area contributed by atoms with Crippen LogP contribution in [0, 0.1) is 67.5 Å². The lowest BCUT2D eigenvalue weighted by Gasteiger charge is -2.76. The Hall–Kier alpha value is -3.24. The molecule has 0 aromatic heterocycles. The van der Waals surface area contributed by atoms with E-state index in [1.807, 2.05) is 38.1 Å². The molecule has 0 spiro atoms. The maximum absolute atomic E-state index is 14.3. The van der Waals surface area contributed by atoms with Gasteiger partial charge in [-0.2, -0.15) is 0 Å². The summed E-state index contributed by atoms with van der Waals surface area (Å²) in [6.07, 6.45) is 12.4. The molecule has 10 heteroatoms. The molecule has 10 nitrogen and oxygen atoms in total. The predicted octanol–water partition coefficient (Wildman–Crippen LogP) is 10.6. The van der Waals surface area contributed by atoms with Gasteiger partial charge in [0, 0.05) is 53.7 Å². The number of esters is 1. The van der Waals surface area contributed by atoms with E-state index in [0.29, 0.717) is 42.6 Å². The number of rotatable bonds is 13. The van der Waals surface area contributed by atoms with E-state index in [2.05, 4.69) is 84.8 Å². The topological polar surface area (TPSA) is 145 Å². The SMILES string of the molecule is CC[C@@]12CC[C@]3(C)[C@H](CCC4C5=C(C(C)C)C(=O)CC5(CCNCC(C)(C)NC(=O)c5ccc(N6CCC(O)CC6)cc5)CC[C@]43C)[C@@]1(C)CC[C@H](OC(=O)[C@H]1C[C@@H](C(=O)O)C1(C)C)C2(C)C. The highest BCUT2D eigenvalue weighted by atomic mass is 16.5. The molecule has 2 unspecified atom stereocenters. The number of nitrogens with one attached hydrogen (secondary N) is 2. The number of fused-ring (bicyclic) bond motifs is 7. The number of nitrogens with zero attached hydrogens (tertiary/aromatic N) is 1. The lowest BCUT2D eigenvalue weighted by atomic mass is 9.29. The van der Waals surface area contributed by atoms with Crippen LogP contribution in [0.25, 0.3) is 0 Å². The minimum atomic E-state index is -0.827. The second-order valence-corrected chi connectivity index (χ2v) is 25.9. The maximum Gasteiger partial charge on any atom is 0.309 e. The number of benzene rings is 1. The minimum absolute atomic E-state index is 0.0260. The van der Waals surface area contributed by atoms with Crippen LogP contribution < -0.4 is 15.5 Å². The lowest BCUT2D eigenvalue weighted by molar-refractivity contribution is -0.279. The number of Topliss-reactive ketones (excluding diaryl/α,β-unsaturated/α-hetero) is 1. The number of carboxylic acids is 1. The van der Waals surface area contributed by atoms with Crippen LogP contribution in [0.4, 0.5) is 5.69 Å². The summed E-state index contributed by atoms with van der Waals surface area (Å²) >= 11 is 0. The fourth-order valence-corrected chi connectivity index (χ4v) is 17.3. The Kier molecular flexibility index (Phi) is 12.9. The Balaban J connectivity index is 0.958. The van der Waals surface area contributed by atoms with Crippen LogP contribution in [0.3, 0.4) is 0 Å². The van der Waals surface area contributed by atoms with Crippen LogP contribution in [0.1, 0.15) is 183 Å². The van der Waals surface area contributed by atoms with Crippen molar-refractivity contribution < 1.29 is 34.1 Å². The molecule has 1 aromatic rings. The molecule has 0 radical (unpaired) electrons. The number of hydrogen-bond acceptors (Lipinski definition) is 8. The van der Waals surface area contributed by atoms with Crippen molar-refractivity contribution in [2.24, 2.45) is 67.5 Å². The molecule has 1 heterocycles. The molecule has 0 bridgehead atoms. The molecule has 5 saturated carbocycles. The Morgan fingerprint density at radius 3 is 2.12 bits per heavy atom. The van der Waals surface area contributed by atoms with Gasteiger partial charge in [-0.25, -0.2) is 0 Å². The summed E-state index contributed by atoms with van der Waals surface area (Å²) in [5, 5.41) is 26.7. The molecule has 372 valence electrons. The summed E-state index contributed by atoms with van der Waals surface area (Å²) in [7, 11) is 0. The van der Waals surface area contributed by atoms with Crippen LogP contribution in [-0.2, 0) is 19.1 Å². The number of ether oxygens (including phenoxy) is 1. The molecular weight excluding hydrogens is 839 g/mol. The third-order valence-corrected chi connectivity index (χ3v) is 21.7. The smallest absolute Gasteiger partial charge is 0.309 e. The van der Waals surface area contributed by atoms with Crippen LogP contribution in [0.15, 0.2) is 35.4 Å². The molecular formula is C57H87N3O7. The first kappa shape index (κ1) is 50.2. The van der Waals surface area contributed by atoms with Gasteiger partial charge in [0.1, 0.15) is 6.10 Å². The number of carbonyl (C=O) groups excluding carboxylic acids is 3. The lowest BCUT2D eigenvalue weighted by Crippen LogP contribution is -2.70. The number of carboxylic acid groups (broad SMARTS) is 1. The second kappa shape index (κ2) is 17.3. The van der Waals surface area contributed by atoms with Gasteiger partial charge in [-0.1, -0.05) is 74.8 Å². The third kappa shape index (κ3) is 7.76. The quantitative estimate of drug-likeness (QED) is 0.112. The van der Waals surface area contributed by atoms with Gasteiger partial charge in [0.2, 0.25) is 0 Å². The van der Waals surface area contributed by atoms with E-state index in [-0.39, 0.29) is 62.5 Å². The van der Waals surface area contributed by atoms with E-state index in [1.54, 1.807) is 0 Å². The molecule has 6 aliphatic carbocycles. The summed E-state index contributed by atoms with van der Waals surface area (Å²) in [6.45, 7) is 30.4. The van der Waals surface area contributed by atoms with Crippen molar-refractivity contribution in [1.29, 1.82) is 0 Å². The van der Waals surface area contributed by atoms with E-state index >= 15 is 0 Å². The highest BCUT2D eigenvalue weighted by Gasteiger charge is 2.74. The largest absolute Gasteiger partial charge is 0.481 e. The first-order chi connectivity index (χ1) is 31.2. The molecule has 1 aromatic carbocycles. The van der Waals surface area contributed by atoms with Crippen molar-refractivity contribution in [3.63, 3.8) is 0 Å². The first-order valence-electron chi connectivity index (χ1n) is 26.5. The Labute approximate surface area is 403 Å². The Morgan fingerprint density at radius 1 is 0.851 bits per heavy atom. The fraction of sp³-hybridized carbons (Fsp3) is 0.789. The number of aliphatic hydroxyl groups is 1. The van der Waals surface area contributed by atoms with Gasteiger partial charge in [0.05, 0.1) is 17.9 Å². The van der Waals surface area contributed by atoms with Gasteiger partial charge < -0.3 is 30.5 Å². The Morgan fingerprint density at radius 2 is 1.51 bits per heavy atom. The van der Waals surface area contributed by atoms with Gasteiger partial charge in [-0.15, -0.1) is 0 Å². The first-order valence-corrected chi connectivity index (χ1v) is 26.5. The summed E-state index contributed by atoms with van der Waals surface area (Å²) < 4.78 is 6.58. The summed E-state index contributed by atoms with van der Waals surface area (Å²) in [4.78, 5) is 55.9. The number of allylic oxidation sites excluding steroid dienone is 2. The number of carbonyl (C=O) groups is 4. The molecule has 1 saturated heterocycles. The van der Waals surface area contributed by atoms with Crippen molar-refractivity contribution in [3.8, 4) is 0 Å². The van der Waals surface area contributed by atoms with Crippen LogP contribution in [-0.4, -0.2) is 77.8 Å². The van der Waals surface area contributed by atoms with Gasteiger partial charge in [0.15, 0.2) is 5.78 Å². The number of aliphatic carboxylic acids is 1. The van der Waals surface area contributed by atoms with E-state index in [4.69, 9.17) is 4.74 Å². The zero-order chi connectivity index (χ0) is 48.9. The molecule has 6 fully saturated rings. The van der Waals surface area contributed by atoms with Crippen molar-refractivity contribution in [2.75, 3.05) is 31.1 Å². The molecule has 4 N–H and O–H groups in total. The predicted molar refractivity (Wildman–Crippen MR) is 264 cm³/mol. The Bertz CT molecular complexity index is 2130. The molecule has 8 rings (SSSR count). The van der Waals surface area contributed by atoms with E-state index in [0.717, 1.165) is 108 Å². The normalized spacial score (nSPS) is 38.0. The number of amides is 1. The minimum Gasteiger partial charge on any atom is -0.481 e. The fourth-order valence-electron chi connectivity index (χ4n) is 17.3. The van der Waals surface area contributed by atoms with Gasteiger partial charge in [0.25, 0.3) is 5.91 Å². The van der Waals surface area contributed by atoms with Crippen LogP contribution >= 0.6 is 0 Å². The molecule has 1 aliphatic heterocycles. The number of piperidine rings is 1. The van der Waals surface area contributed by atoms with Crippen molar-refractivity contribution in [2.45, 2.75) is 191 Å². The van der Waals surface area contributed by atoms with Crippen LogP contribution in [0.5, 0.6) is 0 Å². The molecule has 67 heavy (non-hydrogen) atoms. The highest BCUT2D eigenvalue weighted by molar-refractivity contribution is 6.00. The average Bonchev–Trinajstić information content (AvgIpc) is 3.55. The van der Waals surface area contributed by atoms with Gasteiger partial charge in [-0.05, 0) is 179 Å². The van der Waals surface area contributed by atoms with Crippen molar-refractivity contribution >= 4 is 29.3 Å². The van der Waals surface area contributed by atoms with E-state index in [1.165, 1.54) is 5.57 Å². The molecule has 10 atom stereocenters. The van der Waals surface area contributed by atoms with Crippen molar-refractivity contribution in [3.05, 3.63) is 41.0 Å². The average molecular weight is 926 g/mol. The monoisotopic (exact) mass is 926 g/mol. The summed E-state index contributed by atoms with van der Waals surface area (Å²) in [5.74, 6) is -0.640. The number of hydrogen-bond donors (Lipinski definition) is 4. The van der Waals surface area contributed by atoms with E-state index in [9.17, 15) is 29.4 Å². The summed E-state index contributed by atoms with van der Waals surface area (Å²) in [5.41, 5.74) is 2.97. The van der Waals surface area contributed by atoms with Gasteiger partial charge >= 0.3 is 11.9 Å². The molecule has 7 aliphatic rings.